The molecule has 0 aromatic heterocycles. The van der Waals surface area contributed by atoms with Gasteiger partial charge in [-0.05, 0) is 38.3 Å². The highest BCUT2D eigenvalue weighted by molar-refractivity contribution is 4.90. The average molecular weight is 155 g/mol. The van der Waals surface area contributed by atoms with Gasteiger partial charge in [-0.15, -0.1) is 0 Å². The number of piperidine rings is 1. The Balaban J connectivity index is 2.72. The first kappa shape index (κ1) is 9.05. The van der Waals surface area contributed by atoms with Crippen LogP contribution >= 0.6 is 0 Å². The van der Waals surface area contributed by atoms with Gasteiger partial charge in [-0.3, -0.25) is 0 Å². The minimum Gasteiger partial charge on any atom is -0.303 e. The maximum Gasteiger partial charge on any atom is 0.0118 e. The topological polar surface area (TPSA) is 3.24 Å². The van der Waals surface area contributed by atoms with Crippen molar-refractivity contribution in [2.75, 3.05) is 13.6 Å². The SMILES string of the molecule is CC1CCN(C)C(C)C1(C)C. The van der Waals surface area contributed by atoms with Crippen molar-refractivity contribution in [3.8, 4) is 0 Å². The highest BCUT2D eigenvalue weighted by Gasteiger charge is 2.37. The molecule has 1 heteroatoms. The summed E-state index contributed by atoms with van der Waals surface area (Å²) in [6.45, 7) is 10.8. The van der Waals surface area contributed by atoms with Gasteiger partial charge >= 0.3 is 0 Å². The van der Waals surface area contributed by atoms with E-state index in [4.69, 9.17) is 0 Å². The largest absolute Gasteiger partial charge is 0.303 e. The van der Waals surface area contributed by atoms with Crippen molar-refractivity contribution in [2.24, 2.45) is 11.3 Å². The Bertz CT molecular complexity index is 140. The van der Waals surface area contributed by atoms with Crippen LogP contribution in [0.5, 0.6) is 0 Å². The maximum absolute atomic E-state index is 2.47. The van der Waals surface area contributed by atoms with Gasteiger partial charge in [0.15, 0.2) is 0 Å². The molecule has 0 bridgehead atoms. The van der Waals surface area contributed by atoms with Crippen molar-refractivity contribution in [3.05, 3.63) is 0 Å². The van der Waals surface area contributed by atoms with Crippen LogP contribution in [0.25, 0.3) is 0 Å². The zero-order valence-corrected chi connectivity index (χ0v) is 8.52. The van der Waals surface area contributed by atoms with E-state index in [1.54, 1.807) is 0 Å². The van der Waals surface area contributed by atoms with Crippen LogP contribution < -0.4 is 0 Å². The van der Waals surface area contributed by atoms with Crippen molar-refractivity contribution in [2.45, 2.75) is 40.2 Å². The molecule has 0 aromatic rings. The Kier molecular flexibility index (Phi) is 2.29. The molecular weight excluding hydrogens is 134 g/mol. The van der Waals surface area contributed by atoms with Gasteiger partial charge in [0.25, 0.3) is 0 Å². The fraction of sp³-hybridized carbons (Fsp3) is 1.00. The van der Waals surface area contributed by atoms with E-state index in [0.717, 1.165) is 12.0 Å². The van der Waals surface area contributed by atoms with Gasteiger partial charge in [0.05, 0.1) is 0 Å². The molecule has 1 heterocycles. The van der Waals surface area contributed by atoms with E-state index in [9.17, 15) is 0 Å². The molecule has 0 saturated carbocycles. The molecule has 0 aromatic carbocycles. The first-order valence-electron chi connectivity index (χ1n) is 4.66. The molecule has 1 fully saturated rings. The van der Waals surface area contributed by atoms with Crippen LogP contribution in [0.15, 0.2) is 0 Å². The Labute approximate surface area is 70.8 Å². The van der Waals surface area contributed by atoms with Crippen molar-refractivity contribution >= 4 is 0 Å². The molecule has 0 amide bonds. The summed E-state index contributed by atoms with van der Waals surface area (Å²) >= 11 is 0. The molecule has 0 radical (unpaired) electrons. The zero-order chi connectivity index (χ0) is 8.65. The Morgan fingerprint density at radius 1 is 1.27 bits per heavy atom. The van der Waals surface area contributed by atoms with Gasteiger partial charge in [-0.1, -0.05) is 20.8 Å². The second-order valence-electron chi connectivity index (χ2n) is 4.67. The predicted octanol–water partition coefficient (Wildman–Crippen LogP) is 2.37. The molecule has 11 heavy (non-hydrogen) atoms. The number of rotatable bonds is 0. The Morgan fingerprint density at radius 2 is 1.82 bits per heavy atom. The predicted molar refractivity (Wildman–Crippen MR) is 49.7 cm³/mol. The minimum atomic E-state index is 0.493. The van der Waals surface area contributed by atoms with Crippen molar-refractivity contribution < 1.29 is 0 Å². The van der Waals surface area contributed by atoms with Gasteiger partial charge in [0.2, 0.25) is 0 Å². The van der Waals surface area contributed by atoms with Crippen LogP contribution in [0.2, 0.25) is 0 Å². The lowest BCUT2D eigenvalue weighted by Crippen LogP contribution is -2.49. The van der Waals surface area contributed by atoms with E-state index in [2.05, 4.69) is 39.6 Å². The van der Waals surface area contributed by atoms with Gasteiger partial charge in [-0.25, -0.2) is 0 Å². The summed E-state index contributed by atoms with van der Waals surface area (Å²) in [5.74, 6) is 0.869. The van der Waals surface area contributed by atoms with Crippen molar-refractivity contribution in [3.63, 3.8) is 0 Å². The standard InChI is InChI=1S/C10H21N/c1-8-6-7-11(5)9(2)10(8,3)4/h8-9H,6-7H2,1-5H3. The van der Waals surface area contributed by atoms with Gasteiger partial charge < -0.3 is 4.90 Å². The van der Waals surface area contributed by atoms with E-state index >= 15 is 0 Å². The summed E-state index contributed by atoms with van der Waals surface area (Å²) in [4.78, 5) is 2.47. The summed E-state index contributed by atoms with van der Waals surface area (Å²) in [6, 6.07) is 0.728. The maximum atomic E-state index is 2.47. The summed E-state index contributed by atoms with van der Waals surface area (Å²) in [7, 11) is 2.23. The number of nitrogens with zero attached hydrogens (tertiary/aromatic N) is 1. The fourth-order valence-electron chi connectivity index (χ4n) is 1.94. The Morgan fingerprint density at radius 3 is 2.27 bits per heavy atom. The smallest absolute Gasteiger partial charge is 0.0118 e. The van der Waals surface area contributed by atoms with Gasteiger partial charge in [0.1, 0.15) is 0 Å². The molecule has 0 spiro atoms. The van der Waals surface area contributed by atoms with Crippen LogP contribution in [0.1, 0.15) is 34.1 Å². The average Bonchev–Trinajstić information content (AvgIpc) is 1.95. The Hall–Kier alpha value is -0.0400. The molecule has 2 unspecified atom stereocenters. The molecule has 1 aliphatic heterocycles. The van der Waals surface area contributed by atoms with E-state index in [1.807, 2.05) is 0 Å². The second-order valence-corrected chi connectivity index (χ2v) is 4.67. The third kappa shape index (κ3) is 1.44. The molecule has 0 aliphatic carbocycles. The monoisotopic (exact) mass is 155 g/mol. The molecule has 1 aliphatic rings. The van der Waals surface area contributed by atoms with Crippen molar-refractivity contribution in [1.82, 2.24) is 4.90 Å². The molecule has 0 N–H and O–H groups in total. The van der Waals surface area contributed by atoms with Gasteiger partial charge in [0, 0.05) is 6.04 Å². The van der Waals surface area contributed by atoms with Crippen LogP contribution in [0, 0.1) is 11.3 Å². The molecule has 1 nitrogen and oxygen atoms in total. The number of hydrogen-bond acceptors (Lipinski definition) is 1. The lowest BCUT2D eigenvalue weighted by atomic mass is 9.70. The molecule has 66 valence electrons. The number of hydrogen-bond donors (Lipinski definition) is 0. The van der Waals surface area contributed by atoms with Gasteiger partial charge in [-0.2, -0.15) is 0 Å². The normalized spacial score (nSPS) is 39.0. The van der Waals surface area contributed by atoms with E-state index in [1.165, 1.54) is 13.0 Å². The van der Waals surface area contributed by atoms with E-state index < -0.39 is 0 Å². The highest BCUT2D eigenvalue weighted by Crippen LogP contribution is 2.38. The van der Waals surface area contributed by atoms with Crippen LogP contribution in [-0.2, 0) is 0 Å². The highest BCUT2D eigenvalue weighted by atomic mass is 15.1. The molecule has 1 rings (SSSR count). The molecule has 1 saturated heterocycles. The third-order valence-electron chi connectivity index (χ3n) is 3.92. The quantitative estimate of drug-likeness (QED) is 0.519. The van der Waals surface area contributed by atoms with E-state index in [-0.39, 0.29) is 0 Å². The summed E-state index contributed by atoms with van der Waals surface area (Å²) in [6.07, 6.45) is 1.36. The van der Waals surface area contributed by atoms with Crippen LogP contribution in [-0.4, -0.2) is 24.5 Å². The summed E-state index contributed by atoms with van der Waals surface area (Å²) < 4.78 is 0. The number of likely N-dealkylation sites (tertiary alicyclic amines) is 1. The first-order chi connectivity index (χ1) is 4.96. The third-order valence-corrected chi connectivity index (χ3v) is 3.92. The molecule has 2 atom stereocenters. The summed E-state index contributed by atoms with van der Waals surface area (Å²) in [5, 5.41) is 0. The second kappa shape index (κ2) is 2.78. The van der Waals surface area contributed by atoms with Crippen LogP contribution in [0.4, 0.5) is 0 Å². The lowest BCUT2D eigenvalue weighted by Gasteiger charge is -2.47. The van der Waals surface area contributed by atoms with Crippen molar-refractivity contribution in [1.29, 1.82) is 0 Å². The summed E-state index contributed by atoms with van der Waals surface area (Å²) in [5.41, 5.74) is 0.493. The minimum absolute atomic E-state index is 0.493. The molecular formula is C10H21N. The van der Waals surface area contributed by atoms with Crippen LogP contribution in [0.3, 0.4) is 0 Å². The van der Waals surface area contributed by atoms with E-state index in [0.29, 0.717) is 5.41 Å². The fourth-order valence-corrected chi connectivity index (χ4v) is 1.94. The zero-order valence-electron chi connectivity index (χ0n) is 8.52. The lowest BCUT2D eigenvalue weighted by molar-refractivity contribution is 0.0221. The first-order valence-corrected chi connectivity index (χ1v) is 4.66.